The Kier molecular flexibility index (Phi) is 5.43. The molecule has 0 aliphatic carbocycles. The summed E-state index contributed by atoms with van der Waals surface area (Å²) in [5.41, 5.74) is 1.41. The van der Waals surface area contributed by atoms with Gasteiger partial charge in [-0.2, -0.15) is 0 Å². The number of para-hydroxylation sites is 1. The summed E-state index contributed by atoms with van der Waals surface area (Å²) in [6.45, 7) is 2.23. The average Bonchev–Trinajstić information content (AvgIpc) is 3.23. The first-order valence-electron chi connectivity index (χ1n) is 9.62. The largest absolute Gasteiger partial charge is 0.354 e. The van der Waals surface area contributed by atoms with E-state index < -0.39 is 0 Å². The van der Waals surface area contributed by atoms with Gasteiger partial charge in [-0.25, -0.2) is 4.98 Å². The van der Waals surface area contributed by atoms with Gasteiger partial charge in [0.15, 0.2) is 0 Å². The van der Waals surface area contributed by atoms with E-state index in [1.165, 1.54) is 0 Å². The molecule has 1 amide bonds. The van der Waals surface area contributed by atoms with Gasteiger partial charge in [0.1, 0.15) is 11.9 Å². The number of hydrogen-bond acceptors (Lipinski definition) is 5. The van der Waals surface area contributed by atoms with Crippen LogP contribution in [0.25, 0.3) is 10.9 Å². The van der Waals surface area contributed by atoms with E-state index >= 15 is 0 Å². The van der Waals surface area contributed by atoms with Crippen molar-refractivity contribution in [3.63, 3.8) is 0 Å². The van der Waals surface area contributed by atoms with Gasteiger partial charge in [-0.1, -0.05) is 18.2 Å². The van der Waals surface area contributed by atoms with Gasteiger partial charge in [0.2, 0.25) is 5.91 Å². The SMILES string of the molecule is O=C(NCCc1nc2ccccc2c(=O)[nH]1)[C@H](c1cccnc1)N1CCCC1. The minimum Gasteiger partial charge on any atom is -0.354 e. The summed E-state index contributed by atoms with van der Waals surface area (Å²) in [6, 6.07) is 10.7. The first-order chi connectivity index (χ1) is 13.7. The van der Waals surface area contributed by atoms with E-state index in [4.69, 9.17) is 0 Å². The van der Waals surface area contributed by atoms with Crippen molar-refractivity contribution in [2.24, 2.45) is 0 Å². The van der Waals surface area contributed by atoms with Crippen LogP contribution in [0.4, 0.5) is 0 Å². The van der Waals surface area contributed by atoms with Crippen LogP contribution in [0.1, 0.15) is 30.3 Å². The normalized spacial score (nSPS) is 15.6. The molecule has 7 heteroatoms. The third-order valence-electron chi connectivity index (χ3n) is 5.08. The number of carbonyl (C=O) groups is 1. The fraction of sp³-hybridized carbons (Fsp3) is 0.333. The van der Waals surface area contributed by atoms with Crippen LogP contribution in [-0.2, 0) is 11.2 Å². The van der Waals surface area contributed by atoms with Gasteiger partial charge in [-0.15, -0.1) is 0 Å². The van der Waals surface area contributed by atoms with Gasteiger partial charge < -0.3 is 10.3 Å². The Morgan fingerprint density at radius 2 is 2.00 bits per heavy atom. The van der Waals surface area contributed by atoms with Crippen LogP contribution in [0.3, 0.4) is 0 Å². The van der Waals surface area contributed by atoms with Gasteiger partial charge in [-0.3, -0.25) is 19.5 Å². The number of nitrogens with zero attached hydrogens (tertiary/aromatic N) is 3. The molecule has 0 bridgehead atoms. The zero-order valence-electron chi connectivity index (χ0n) is 15.6. The number of benzene rings is 1. The zero-order valence-corrected chi connectivity index (χ0v) is 15.6. The summed E-state index contributed by atoms with van der Waals surface area (Å²) in [7, 11) is 0. The third-order valence-corrected chi connectivity index (χ3v) is 5.08. The topological polar surface area (TPSA) is 91.0 Å². The molecule has 7 nitrogen and oxygen atoms in total. The van der Waals surface area contributed by atoms with E-state index in [2.05, 4.69) is 25.2 Å². The molecule has 144 valence electrons. The van der Waals surface area contributed by atoms with E-state index in [1.54, 1.807) is 18.5 Å². The second-order valence-electron chi connectivity index (χ2n) is 7.00. The number of likely N-dealkylation sites (tertiary alicyclic amines) is 1. The van der Waals surface area contributed by atoms with Crippen molar-refractivity contribution in [3.8, 4) is 0 Å². The van der Waals surface area contributed by atoms with Gasteiger partial charge in [0, 0.05) is 25.4 Å². The van der Waals surface area contributed by atoms with Crippen LogP contribution in [-0.4, -0.2) is 45.4 Å². The highest BCUT2D eigenvalue weighted by Gasteiger charge is 2.29. The predicted octanol–water partition coefficient (Wildman–Crippen LogP) is 1.81. The fourth-order valence-corrected chi connectivity index (χ4v) is 3.72. The molecule has 2 N–H and O–H groups in total. The molecule has 0 unspecified atom stereocenters. The number of aromatic nitrogens is 3. The summed E-state index contributed by atoms with van der Waals surface area (Å²) >= 11 is 0. The average molecular weight is 377 g/mol. The molecule has 1 aliphatic heterocycles. The maximum atomic E-state index is 12.9. The first kappa shape index (κ1) is 18.3. The second-order valence-corrected chi connectivity index (χ2v) is 7.00. The van der Waals surface area contributed by atoms with Crippen molar-refractivity contribution < 1.29 is 4.79 Å². The van der Waals surface area contributed by atoms with Crippen LogP contribution in [0, 0.1) is 0 Å². The molecule has 0 spiro atoms. The smallest absolute Gasteiger partial charge is 0.258 e. The minimum absolute atomic E-state index is 0.0435. The quantitative estimate of drug-likeness (QED) is 0.684. The number of rotatable bonds is 6. The molecule has 1 atom stereocenters. The fourth-order valence-electron chi connectivity index (χ4n) is 3.72. The number of pyridine rings is 1. The summed E-state index contributed by atoms with van der Waals surface area (Å²) in [5.74, 6) is 0.529. The van der Waals surface area contributed by atoms with Crippen molar-refractivity contribution in [2.75, 3.05) is 19.6 Å². The standard InChI is InChI=1S/C21H23N5O2/c27-20-16-7-1-2-8-17(16)24-18(25-20)9-11-23-21(28)19(26-12-3-4-13-26)15-6-5-10-22-14-15/h1-2,5-8,10,14,19H,3-4,9,11-13H2,(H,23,28)(H,24,25,27)/t19-/m0/s1. The van der Waals surface area contributed by atoms with Gasteiger partial charge in [0.05, 0.1) is 10.9 Å². The summed E-state index contributed by atoms with van der Waals surface area (Å²) in [5, 5.41) is 3.57. The molecule has 0 radical (unpaired) electrons. The molecule has 1 aromatic carbocycles. The molecule has 3 heterocycles. The second kappa shape index (κ2) is 8.31. The Hall–Kier alpha value is -3.06. The van der Waals surface area contributed by atoms with E-state index in [-0.39, 0.29) is 17.5 Å². The van der Waals surface area contributed by atoms with Gasteiger partial charge in [0.25, 0.3) is 5.56 Å². The van der Waals surface area contributed by atoms with Crippen molar-refractivity contribution in [1.82, 2.24) is 25.2 Å². The van der Waals surface area contributed by atoms with Crippen LogP contribution in [0.5, 0.6) is 0 Å². The van der Waals surface area contributed by atoms with Crippen molar-refractivity contribution in [3.05, 3.63) is 70.5 Å². The lowest BCUT2D eigenvalue weighted by molar-refractivity contribution is -0.126. The molecule has 1 aliphatic rings. The highest BCUT2D eigenvalue weighted by molar-refractivity contribution is 5.83. The third kappa shape index (κ3) is 3.94. The molecule has 4 rings (SSSR count). The van der Waals surface area contributed by atoms with Crippen molar-refractivity contribution in [1.29, 1.82) is 0 Å². The Morgan fingerprint density at radius 1 is 1.18 bits per heavy atom. The maximum Gasteiger partial charge on any atom is 0.258 e. The Labute approximate surface area is 162 Å². The molecule has 0 saturated carbocycles. The number of aromatic amines is 1. The molecule has 1 saturated heterocycles. The molecular formula is C21H23N5O2. The minimum atomic E-state index is -0.334. The monoisotopic (exact) mass is 377 g/mol. The van der Waals surface area contributed by atoms with Gasteiger partial charge in [-0.05, 0) is 49.7 Å². The number of hydrogen-bond donors (Lipinski definition) is 2. The van der Waals surface area contributed by atoms with Crippen LogP contribution in [0.2, 0.25) is 0 Å². The van der Waals surface area contributed by atoms with E-state index in [0.29, 0.717) is 29.7 Å². The summed E-state index contributed by atoms with van der Waals surface area (Å²) in [4.78, 5) is 38.7. The Balaban J connectivity index is 1.44. The van der Waals surface area contributed by atoms with Crippen LogP contribution in [0.15, 0.2) is 53.6 Å². The number of nitrogens with one attached hydrogen (secondary N) is 2. The lowest BCUT2D eigenvalue weighted by Crippen LogP contribution is -2.40. The molecule has 1 fully saturated rings. The van der Waals surface area contributed by atoms with Crippen LogP contribution >= 0.6 is 0 Å². The first-order valence-corrected chi connectivity index (χ1v) is 9.62. The zero-order chi connectivity index (χ0) is 19.3. The summed E-state index contributed by atoms with van der Waals surface area (Å²) in [6.07, 6.45) is 6.14. The maximum absolute atomic E-state index is 12.9. The van der Waals surface area contributed by atoms with Gasteiger partial charge >= 0.3 is 0 Å². The lowest BCUT2D eigenvalue weighted by Gasteiger charge is -2.26. The molecule has 3 aromatic rings. The van der Waals surface area contributed by atoms with E-state index in [9.17, 15) is 9.59 Å². The van der Waals surface area contributed by atoms with E-state index in [0.717, 1.165) is 31.5 Å². The Bertz CT molecular complexity index is 1010. The van der Waals surface area contributed by atoms with E-state index in [1.807, 2.05) is 30.3 Å². The highest BCUT2D eigenvalue weighted by atomic mass is 16.2. The molecule has 28 heavy (non-hydrogen) atoms. The van der Waals surface area contributed by atoms with Crippen molar-refractivity contribution >= 4 is 16.8 Å². The lowest BCUT2D eigenvalue weighted by atomic mass is 10.1. The number of fused-ring (bicyclic) bond motifs is 1. The van der Waals surface area contributed by atoms with Crippen LogP contribution < -0.4 is 10.9 Å². The predicted molar refractivity (Wildman–Crippen MR) is 107 cm³/mol. The molecular weight excluding hydrogens is 354 g/mol. The number of H-pyrrole nitrogens is 1. The number of carbonyl (C=O) groups excluding carboxylic acids is 1. The van der Waals surface area contributed by atoms with Crippen molar-refractivity contribution in [2.45, 2.75) is 25.3 Å². The summed E-state index contributed by atoms with van der Waals surface area (Å²) < 4.78 is 0. The number of amides is 1. The highest BCUT2D eigenvalue weighted by Crippen LogP contribution is 2.24. The molecule has 2 aromatic heterocycles. The Morgan fingerprint density at radius 3 is 2.79 bits per heavy atom.